The minimum atomic E-state index is 0.0116. The summed E-state index contributed by atoms with van der Waals surface area (Å²) >= 11 is 0. The molecule has 5 rings (SSSR count). The van der Waals surface area contributed by atoms with Crippen LogP contribution in [0, 0.1) is 6.92 Å². The Balaban J connectivity index is 1.72. The van der Waals surface area contributed by atoms with Gasteiger partial charge in [-0.05, 0) is 13.3 Å². The monoisotopic (exact) mass is 376 g/mol. The van der Waals surface area contributed by atoms with E-state index < -0.39 is 0 Å². The first-order valence-electron chi connectivity index (χ1n) is 9.27. The van der Waals surface area contributed by atoms with Crippen molar-refractivity contribution in [2.24, 2.45) is 12.0 Å². The molecule has 0 spiro atoms. The Bertz CT molecular complexity index is 1140. The normalized spacial score (nSPS) is 16.0. The van der Waals surface area contributed by atoms with Crippen LogP contribution in [0.1, 0.15) is 35.5 Å². The highest BCUT2D eigenvalue weighted by Crippen LogP contribution is 2.30. The third-order valence-corrected chi connectivity index (χ3v) is 5.22. The second-order valence-electron chi connectivity index (χ2n) is 7.20. The highest BCUT2D eigenvalue weighted by molar-refractivity contribution is 6.14. The molecule has 0 unspecified atom stereocenters. The number of fused-ring (bicyclic) bond motifs is 6. The van der Waals surface area contributed by atoms with Crippen molar-refractivity contribution in [1.82, 2.24) is 29.5 Å². The van der Waals surface area contributed by atoms with Crippen LogP contribution < -0.4 is 4.90 Å². The average molecular weight is 376 g/mol. The van der Waals surface area contributed by atoms with Crippen LogP contribution in [0.3, 0.4) is 0 Å². The number of hydrogen-bond acceptors (Lipinski definition) is 6. The smallest absolute Gasteiger partial charge is 0.228 e. The third kappa shape index (κ3) is 2.54. The number of aryl methyl sites for hydroxylation is 3. The van der Waals surface area contributed by atoms with Crippen molar-refractivity contribution in [1.29, 1.82) is 0 Å². The molecule has 0 fully saturated rings. The quantitative estimate of drug-likeness (QED) is 0.592. The van der Waals surface area contributed by atoms with Crippen LogP contribution in [0.2, 0.25) is 0 Å². The van der Waals surface area contributed by atoms with Gasteiger partial charge in [-0.2, -0.15) is 10.2 Å². The highest BCUT2D eigenvalue weighted by atomic mass is 16.2. The van der Waals surface area contributed by atoms with Gasteiger partial charge in [0, 0.05) is 45.0 Å². The van der Waals surface area contributed by atoms with Crippen molar-refractivity contribution in [3.8, 4) is 11.3 Å². The summed E-state index contributed by atoms with van der Waals surface area (Å²) in [6, 6.07) is 0. The Labute approximate surface area is 161 Å². The fraction of sp³-hybridized carbons (Fsp3) is 0.368. The van der Waals surface area contributed by atoms with Gasteiger partial charge in [-0.3, -0.25) is 29.0 Å². The van der Waals surface area contributed by atoms with Crippen molar-refractivity contribution >= 4 is 17.4 Å². The SMILES string of the molecule is Cc1nn2cc1C1=NCc3ncc(nc31)-c1cn(C)nc1N(C)C(=O)CCC2. The minimum Gasteiger partial charge on any atom is -0.298 e. The number of carbonyl (C=O) groups excluding carboxylic acids is 1. The predicted octanol–water partition coefficient (Wildman–Crippen LogP) is 1.49. The van der Waals surface area contributed by atoms with E-state index in [1.165, 1.54) is 0 Å². The lowest BCUT2D eigenvalue weighted by Gasteiger charge is -2.16. The maximum absolute atomic E-state index is 12.7. The molecule has 5 heterocycles. The summed E-state index contributed by atoms with van der Waals surface area (Å²) in [5.74, 6) is 0.600. The second-order valence-corrected chi connectivity index (χ2v) is 7.20. The minimum absolute atomic E-state index is 0.0116. The standard InChI is InChI=1S/C19H20N8O/c1-11-12-10-27(23-11)6-4-5-16(28)26(3)19-13(9-25(2)24-19)14-7-20-15-8-21-17(12)18(15)22-14/h7,9-10H,4-6,8H2,1-3H3. The van der Waals surface area contributed by atoms with E-state index in [9.17, 15) is 4.79 Å². The van der Waals surface area contributed by atoms with Gasteiger partial charge < -0.3 is 0 Å². The van der Waals surface area contributed by atoms with Gasteiger partial charge in [-0.15, -0.1) is 0 Å². The molecule has 2 aliphatic rings. The number of carbonyl (C=O) groups is 1. The van der Waals surface area contributed by atoms with Crippen molar-refractivity contribution < 1.29 is 4.79 Å². The van der Waals surface area contributed by atoms with Crippen molar-refractivity contribution in [3.05, 3.63) is 41.2 Å². The number of hydrogen-bond donors (Lipinski definition) is 0. The van der Waals surface area contributed by atoms with E-state index in [-0.39, 0.29) is 5.91 Å². The van der Waals surface area contributed by atoms with Crippen LogP contribution in [0.25, 0.3) is 11.3 Å². The van der Waals surface area contributed by atoms with E-state index in [0.717, 1.165) is 33.9 Å². The lowest BCUT2D eigenvalue weighted by molar-refractivity contribution is -0.118. The molecule has 9 nitrogen and oxygen atoms in total. The number of nitrogens with zero attached hydrogens (tertiary/aromatic N) is 8. The molecule has 0 radical (unpaired) electrons. The Kier molecular flexibility index (Phi) is 3.65. The first-order chi connectivity index (χ1) is 13.5. The van der Waals surface area contributed by atoms with E-state index in [1.807, 2.05) is 31.0 Å². The summed E-state index contributed by atoms with van der Waals surface area (Å²) < 4.78 is 3.58. The zero-order valence-electron chi connectivity index (χ0n) is 16.0. The first-order valence-corrected chi connectivity index (χ1v) is 9.27. The molecular weight excluding hydrogens is 356 g/mol. The van der Waals surface area contributed by atoms with Gasteiger partial charge in [0.2, 0.25) is 5.91 Å². The average Bonchev–Trinajstić information content (AvgIpc) is 3.36. The van der Waals surface area contributed by atoms with Crippen LogP contribution >= 0.6 is 0 Å². The summed E-state index contributed by atoms with van der Waals surface area (Å²) in [7, 11) is 3.59. The lowest BCUT2D eigenvalue weighted by atomic mass is 10.1. The van der Waals surface area contributed by atoms with Crippen LogP contribution in [-0.2, 0) is 24.9 Å². The topological polar surface area (TPSA) is 94.1 Å². The predicted molar refractivity (Wildman–Crippen MR) is 103 cm³/mol. The maximum atomic E-state index is 12.7. The molecule has 0 N–H and O–H groups in total. The van der Waals surface area contributed by atoms with Gasteiger partial charge in [0.25, 0.3) is 0 Å². The molecule has 9 heteroatoms. The van der Waals surface area contributed by atoms with Gasteiger partial charge in [0.15, 0.2) is 5.82 Å². The Morgan fingerprint density at radius 3 is 2.82 bits per heavy atom. The third-order valence-electron chi connectivity index (χ3n) is 5.22. The van der Waals surface area contributed by atoms with Gasteiger partial charge in [-0.1, -0.05) is 0 Å². The fourth-order valence-corrected chi connectivity index (χ4v) is 3.74. The zero-order chi connectivity index (χ0) is 19.4. The molecule has 0 saturated carbocycles. The molecule has 4 bridgehead atoms. The number of aliphatic imine (C=N–C) groups is 1. The Morgan fingerprint density at radius 2 is 1.96 bits per heavy atom. The van der Waals surface area contributed by atoms with Crippen LogP contribution in [0.4, 0.5) is 5.82 Å². The van der Waals surface area contributed by atoms with Crippen molar-refractivity contribution in [2.45, 2.75) is 32.9 Å². The van der Waals surface area contributed by atoms with E-state index in [1.54, 1.807) is 22.8 Å². The van der Waals surface area contributed by atoms with Gasteiger partial charge in [0.05, 0.1) is 41.1 Å². The maximum Gasteiger partial charge on any atom is 0.228 e. The first kappa shape index (κ1) is 16.8. The number of anilines is 1. The molecule has 0 aliphatic carbocycles. The fourth-order valence-electron chi connectivity index (χ4n) is 3.74. The molecule has 0 aromatic carbocycles. The summed E-state index contributed by atoms with van der Waals surface area (Å²) in [6.07, 6.45) is 6.72. The second kappa shape index (κ2) is 6.08. The Hall–Kier alpha value is -3.36. The summed E-state index contributed by atoms with van der Waals surface area (Å²) in [6.45, 7) is 3.15. The van der Waals surface area contributed by atoms with E-state index in [0.29, 0.717) is 37.4 Å². The molecule has 3 aromatic heterocycles. The molecule has 28 heavy (non-hydrogen) atoms. The van der Waals surface area contributed by atoms with Gasteiger partial charge in [0.1, 0.15) is 5.69 Å². The van der Waals surface area contributed by atoms with E-state index >= 15 is 0 Å². The number of rotatable bonds is 0. The van der Waals surface area contributed by atoms with Gasteiger partial charge in [-0.25, -0.2) is 4.98 Å². The van der Waals surface area contributed by atoms with Crippen molar-refractivity contribution in [3.63, 3.8) is 0 Å². The number of aromatic nitrogens is 6. The largest absolute Gasteiger partial charge is 0.298 e. The summed E-state index contributed by atoms with van der Waals surface area (Å²) in [4.78, 5) is 28.5. The Morgan fingerprint density at radius 1 is 1.11 bits per heavy atom. The van der Waals surface area contributed by atoms with Crippen LogP contribution in [-0.4, -0.2) is 48.2 Å². The summed E-state index contributed by atoms with van der Waals surface area (Å²) in [5, 5.41) is 9.09. The molecule has 0 atom stereocenters. The highest BCUT2D eigenvalue weighted by Gasteiger charge is 2.27. The molecule has 2 aliphatic heterocycles. The van der Waals surface area contributed by atoms with Gasteiger partial charge >= 0.3 is 0 Å². The van der Waals surface area contributed by atoms with Crippen molar-refractivity contribution in [2.75, 3.05) is 11.9 Å². The molecule has 142 valence electrons. The van der Waals surface area contributed by atoms with E-state index in [2.05, 4.69) is 20.2 Å². The molecule has 3 aromatic rings. The van der Waals surface area contributed by atoms with Crippen LogP contribution in [0.15, 0.2) is 23.6 Å². The lowest BCUT2D eigenvalue weighted by Crippen LogP contribution is -2.27. The number of amides is 1. The molecular formula is C19H20N8O. The molecule has 1 amide bonds. The summed E-state index contributed by atoms with van der Waals surface area (Å²) in [5.41, 5.74) is 5.80. The zero-order valence-corrected chi connectivity index (χ0v) is 16.0. The van der Waals surface area contributed by atoms with Crippen LogP contribution in [0.5, 0.6) is 0 Å². The molecule has 0 saturated heterocycles. The van der Waals surface area contributed by atoms with E-state index in [4.69, 9.17) is 4.98 Å².